The minimum atomic E-state index is 1.13. The monoisotopic (exact) mass is 794 g/mol. The predicted octanol–water partition coefficient (Wildman–Crippen LogP) is 17.2. The molecule has 0 spiro atoms. The van der Waals surface area contributed by atoms with E-state index in [1.165, 1.54) is 87.6 Å². The summed E-state index contributed by atoms with van der Waals surface area (Å²) in [5.74, 6) is 0. The molecule has 11 aromatic carbocycles. The molecular weight excluding hydrogens is 749 g/mol. The van der Waals surface area contributed by atoms with Gasteiger partial charge in [0.2, 0.25) is 0 Å². The van der Waals surface area contributed by atoms with Gasteiger partial charge in [0, 0.05) is 34.1 Å². The number of benzene rings is 11. The second kappa shape index (κ2) is 15.1. The molecule has 0 saturated carbocycles. The zero-order valence-corrected chi connectivity index (χ0v) is 35.5. The molecule has 2 nitrogen and oxygen atoms in total. The second-order valence-corrected chi connectivity index (χ2v) is 16.9. The first-order valence-corrected chi connectivity index (χ1v) is 21.6. The van der Waals surface area contributed by atoms with Crippen molar-refractivity contribution < 1.29 is 0 Å². The van der Waals surface area contributed by atoms with E-state index in [9.17, 15) is 0 Å². The number of hydrogen-bond acceptors (Lipinski definition) is 2. The molecule has 0 aliphatic rings. The van der Waals surface area contributed by atoms with Crippen LogP contribution in [0, 0.1) is 27.7 Å². The van der Waals surface area contributed by atoms with Gasteiger partial charge in [-0.3, -0.25) is 0 Å². The standard InChI is InChI=1S/C60H46N2/c1-39-11-23-45(24-12-39)61(46-25-13-40(2)14-26-46)49-31-19-43(20-32-49)51-35-37-57-58-38-36-52(54-8-6-10-56(60(54)58)55-9-5-7-53(51)59(55)57)44-21-33-50(34-22-44)62(47-27-15-41(3)16-28-47)48-29-17-42(4)18-30-48/h5-38H,1-4H3. The van der Waals surface area contributed by atoms with Crippen LogP contribution in [0.5, 0.6) is 0 Å². The molecule has 0 saturated heterocycles. The summed E-state index contributed by atoms with van der Waals surface area (Å²) in [6.45, 7) is 8.55. The molecule has 0 unspecified atom stereocenters. The average molecular weight is 795 g/mol. The molecule has 2 heteroatoms. The first-order valence-electron chi connectivity index (χ1n) is 21.6. The maximum atomic E-state index is 2.35. The molecule has 0 atom stereocenters. The maximum Gasteiger partial charge on any atom is 0.0462 e. The highest BCUT2D eigenvalue weighted by atomic mass is 15.1. The molecule has 0 heterocycles. The quantitative estimate of drug-likeness (QED) is 0.112. The Bertz CT molecular complexity index is 3040. The Morgan fingerprint density at radius 3 is 0.758 bits per heavy atom. The SMILES string of the molecule is Cc1ccc(N(c2ccc(C)cc2)c2ccc(-c3ccc4c5ccc(-c6ccc(N(c7ccc(C)cc7)c7ccc(C)cc7)cc6)c6cccc(c7cccc3c74)c65)cc2)cc1. The number of hydrogen-bond donors (Lipinski definition) is 0. The Kier molecular flexibility index (Phi) is 9.09. The fourth-order valence-electron chi connectivity index (χ4n) is 9.46. The lowest BCUT2D eigenvalue weighted by Crippen LogP contribution is -2.09. The van der Waals surface area contributed by atoms with Gasteiger partial charge in [-0.15, -0.1) is 0 Å². The minimum Gasteiger partial charge on any atom is -0.311 e. The van der Waals surface area contributed by atoms with Crippen molar-refractivity contribution in [2.24, 2.45) is 0 Å². The summed E-state index contributed by atoms with van der Waals surface area (Å²) < 4.78 is 0. The van der Waals surface area contributed by atoms with E-state index in [4.69, 9.17) is 0 Å². The van der Waals surface area contributed by atoms with Crippen molar-refractivity contribution in [3.63, 3.8) is 0 Å². The molecule has 296 valence electrons. The first kappa shape index (κ1) is 37.3. The van der Waals surface area contributed by atoms with E-state index in [-0.39, 0.29) is 0 Å². The largest absolute Gasteiger partial charge is 0.311 e. The number of nitrogens with zero attached hydrogens (tertiary/aromatic N) is 2. The van der Waals surface area contributed by atoms with Gasteiger partial charge >= 0.3 is 0 Å². The van der Waals surface area contributed by atoms with Gasteiger partial charge in [0.15, 0.2) is 0 Å². The Labute approximate surface area is 363 Å². The number of fused-ring (bicyclic) bond motifs is 2. The zero-order chi connectivity index (χ0) is 41.9. The van der Waals surface area contributed by atoms with Crippen LogP contribution in [0.25, 0.3) is 65.3 Å². The topological polar surface area (TPSA) is 6.48 Å². The average Bonchev–Trinajstić information content (AvgIpc) is 3.31. The first-order chi connectivity index (χ1) is 30.4. The van der Waals surface area contributed by atoms with Gasteiger partial charge in [0.1, 0.15) is 0 Å². The summed E-state index contributed by atoms with van der Waals surface area (Å²) in [6.07, 6.45) is 0. The summed E-state index contributed by atoms with van der Waals surface area (Å²) in [6, 6.07) is 76.4. The Morgan fingerprint density at radius 2 is 0.468 bits per heavy atom. The molecule has 0 aliphatic carbocycles. The van der Waals surface area contributed by atoms with Crippen LogP contribution in [-0.4, -0.2) is 0 Å². The van der Waals surface area contributed by atoms with Crippen LogP contribution >= 0.6 is 0 Å². The molecule has 0 aliphatic heterocycles. The lowest BCUT2D eigenvalue weighted by atomic mass is 9.85. The van der Waals surface area contributed by atoms with E-state index in [2.05, 4.69) is 244 Å². The van der Waals surface area contributed by atoms with Crippen molar-refractivity contribution in [2.75, 3.05) is 9.80 Å². The second-order valence-electron chi connectivity index (χ2n) is 16.9. The van der Waals surface area contributed by atoms with Crippen molar-refractivity contribution in [3.8, 4) is 22.3 Å². The smallest absolute Gasteiger partial charge is 0.0462 e. The van der Waals surface area contributed by atoms with Crippen molar-refractivity contribution >= 4 is 77.2 Å². The number of rotatable bonds is 8. The highest BCUT2D eigenvalue weighted by molar-refractivity contribution is 6.35. The fourth-order valence-corrected chi connectivity index (χ4v) is 9.46. The molecule has 62 heavy (non-hydrogen) atoms. The van der Waals surface area contributed by atoms with E-state index in [1.807, 2.05) is 0 Å². The lowest BCUT2D eigenvalue weighted by Gasteiger charge is -2.26. The van der Waals surface area contributed by atoms with Gasteiger partial charge in [-0.2, -0.15) is 0 Å². The van der Waals surface area contributed by atoms with Gasteiger partial charge in [0.25, 0.3) is 0 Å². The Hall–Kier alpha value is -7.68. The molecule has 0 aromatic heterocycles. The molecule has 0 radical (unpaired) electrons. The third-order valence-electron chi connectivity index (χ3n) is 12.7. The summed E-state index contributed by atoms with van der Waals surface area (Å²) in [5.41, 5.74) is 16.7. The van der Waals surface area contributed by atoms with Crippen LogP contribution in [0.15, 0.2) is 206 Å². The number of anilines is 6. The van der Waals surface area contributed by atoms with Crippen molar-refractivity contribution in [3.05, 3.63) is 229 Å². The van der Waals surface area contributed by atoms with Gasteiger partial charge in [-0.1, -0.05) is 156 Å². The molecular formula is C60H46N2. The molecule has 0 bridgehead atoms. The third-order valence-corrected chi connectivity index (χ3v) is 12.7. The Balaban J connectivity index is 0.988. The lowest BCUT2D eigenvalue weighted by molar-refractivity contribution is 1.27. The van der Waals surface area contributed by atoms with E-state index >= 15 is 0 Å². The van der Waals surface area contributed by atoms with Crippen molar-refractivity contribution in [1.82, 2.24) is 0 Å². The number of aryl methyl sites for hydroxylation is 4. The normalized spacial score (nSPS) is 11.5. The van der Waals surface area contributed by atoms with Crippen LogP contribution in [0.3, 0.4) is 0 Å². The predicted molar refractivity (Wildman–Crippen MR) is 267 cm³/mol. The van der Waals surface area contributed by atoms with E-state index in [0.717, 1.165) is 34.1 Å². The zero-order valence-electron chi connectivity index (χ0n) is 35.5. The van der Waals surface area contributed by atoms with Gasteiger partial charge in [0.05, 0.1) is 0 Å². The third kappa shape index (κ3) is 6.44. The highest BCUT2D eigenvalue weighted by Gasteiger charge is 2.19. The fraction of sp³-hybridized carbons (Fsp3) is 0.0667. The molecule has 11 aromatic rings. The summed E-state index contributed by atoms with van der Waals surface area (Å²) in [5, 5.41) is 10.3. The summed E-state index contributed by atoms with van der Waals surface area (Å²) in [4.78, 5) is 4.68. The van der Waals surface area contributed by atoms with Gasteiger partial charge < -0.3 is 9.80 Å². The maximum absolute atomic E-state index is 2.35. The van der Waals surface area contributed by atoms with Crippen LogP contribution in [0.2, 0.25) is 0 Å². The molecule has 0 N–H and O–H groups in total. The van der Waals surface area contributed by atoms with E-state index in [1.54, 1.807) is 0 Å². The highest BCUT2D eigenvalue weighted by Crippen LogP contribution is 2.46. The molecule has 0 fully saturated rings. The van der Waals surface area contributed by atoms with Crippen LogP contribution in [0.1, 0.15) is 22.3 Å². The van der Waals surface area contributed by atoms with Crippen molar-refractivity contribution in [2.45, 2.75) is 27.7 Å². The van der Waals surface area contributed by atoms with Crippen LogP contribution < -0.4 is 9.80 Å². The van der Waals surface area contributed by atoms with E-state index < -0.39 is 0 Å². The van der Waals surface area contributed by atoms with E-state index in [0.29, 0.717) is 0 Å². The van der Waals surface area contributed by atoms with Crippen LogP contribution in [0.4, 0.5) is 34.1 Å². The summed E-state index contributed by atoms with van der Waals surface area (Å²) in [7, 11) is 0. The molecule has 0 amide bonds. The van der Waals surface area contributed by atoms with Gasteiger partial charge in [-0.25, -0.2) is 0 Å². The summed E-state index contributed by atoms with van der Waals surface area (Å²) >= 11 is 0. The molecule has 11 rings (SSSR count). The van der Waals surface area contributed by atoms with Crippen molar-refractivity contribution in [1.29, 1.82) is 0 Å². The minimum absolute atomic E-state index is 1.13. The van der Waals surface area contributed by atoms with Crippen LogP contribution in [-0.2, 0) is 0 Å². The van der Waals surface area contributed by atoms with Gasteiger partial charge in [-0.05, 0) is 166 Å². The Morgan fingerprint density at radius 1 is 0.226 bits per heavy atom.